The molecule has 96 valence electrons. The smallest absolute Gasteiger partial charge is 0.141 e. The van der Waals surface area contributed by atoms with Crippen LogP contribution in [-0.2, 0) is 5.60 Å². The summed E-state index contributed by atoms with van der Waals surface area (Å²) in [6.45, 7) is 8.09. The van der Waals surface area contributed by atoms with E-state index in [0.29, 0.717) is 12.1 Å². The van der Waals surface area contributed by atoms with E-state index in [2.05, 4.69) is 5.32 Å². The molecule has 1 aromatic carbocycles. The summed E-state index contributed by atoms with van der Waals surface area (Å²) in [7, 11) is 0. The van der Waals surface area contributed by atoms with Crippen LogP contribution >= 0.6 is 11.6 Å². The average molecular weight is 260 g/mol. The second-order valence-electron chi connectivity index (χ2n) is 5.51. The first-order valence-corrected chi connectivity index (χ1v) is 5.92. The van der Waals surface area contributed by atoms with E-state index in [9.17, 15) is 9.50 Å². The van der Waals surface area contributed by atoms with Gasteiger partial charge >= 0.3 is 0 Å². The Bertz CT molecular complexity index is 399. The quantitative estimate of drug-likeness (QED) is 0.874. The zero-order valence-electron chi connectivity index (χ0n) is 10.6. The molecular formula is C13H19ClFNO. The zero-order chi connectivity index (χ0) is 13.3. The summed E-state index contributed by atoms with van der Waals surface area (Å²) in [5.41, 5.74) is -0.570. The van der Waals surface area contributed by atoms with Gasteiger partial charge in [-0.15, -0.1) is 0 Å². The van der Waals surface area contributed by atoms with Gasteiger partial charge < -0.3 is 10.4 Å². The molecule has 0 bridgehead atoms. The van der Waals surface area contributed by atoms with Gasteiger partial charge in [-0.2, -0.15) is 0 Å². The zero-order valence-corrected chi connectivity index (χ0v) is 11.4. The van der Waals surface area contributed by atoms with Crippen LogP contribution in [0, 0.1) is 5.82 Å². The Hall–Kier alpha value is -0.640. The summed E-state index contributed by atoms with van der Waals surface area (Å²) in [6, 6.07) is 4.27. The predicted molar refractivity (Wildman–Crippen MR) is 68.7 cm³/mol. The molecule has 0 fully saturated rings. The number of hydrogen-bond donors (Lipinski definition) is 2. The molecule has 0 aliphatic carbocycles. The Morgan fingerprint density at radius 3 is 2.35 bits per heavy atom. The normalized spacial score (nSPS) is 15.7. The number of nitrogens with one attached hydrogen (secondary N) is 1. The fourth-order valence-corrected chi connectivity index (χ4v) is 1.55. The Balaban J connectivity index is 2.85. The molecule has 1 aromatic rings. The molecule has 1 rings (SSSR count). The summed E-state index contributed by atoms with van der Waals surface area (Å²) in [5, 5.41) is 13.6. The van der Waals surface area contributed by atoms with Crippen LogP contribution in [0.3, 0.4) is 0 Å². The molecule has 0 saturated carbocycles. The summed E-state index contributed by atoms with van der Waals surface area (Å²) in [5.74, 6) is -0.477. The molecule has 0 radical (unpaired) electrons. The van der Waals surface area contributed by atoms with Gasteiger partial charge in [0.2, 0.25) is 0 Å². The van der Waals surface area contributed by atoms with Gasteiger partial charge in [0.1, 0.15) is 5.82 Å². The lowest BCUT2D eigenvalue weighted by atomic mass is 9.94. The molecule has 2 nitrogen and oxygen atoms in total. The minimum atomic E-state index is -1.08. The Kier molecular flexibility index (Phi) is 4.18. The van der Waals surface area contributed by atoms with Crippen molar-refractivity contribution in [3.05, 3.63) is 34.6 Å². The van der Waals surface area contributed by atoms with Gasteiger partial charge in [0, 0.05) is 12.1 Å². The molecule has 0 aliphatic rings. The first-order chi connectivity index (χ1) is 7.62. The van der Waals surface area contributed by atoms with Crippen molar-refractivity contribution in [2.75, 3.05) is 6.54 Å². The number of halogens is 2. The summed E-state index contributed by atoms with van der Waals surface area (Å²) in [6.07, 6.45) is 0. The van der Waals surface area contributed by atoms with Crippen LogP contribution < -0.4 is 5.32 Å². The maximum absolute atomic E-state index is 13.0. The monoisotopic (exact) mass is 259 g/mol. The van der Waals surface area contributed by atoms with E-state index in [-0.39, 0.29) is 10.6 Å². The van der Waals surface area contributed by atoms with Crippen molar-refractivity contribution in [1.82, 2.24) is 5.32 Å². The number of benzene rings is 1. The van der Waals surface area contributed by atoms with Crippen molar-refractivity contribution < 1.29 is 9.50 Å². The van der Waals surface area contributed by atoms with Crippen LogP contribution in [0.25, 0.3) is 0 Å². The molecule has 1 unspecified atom stereocenters. The van der Waals surface area contributed by atoms with Crippen molar-refractivity contribution in [2.24, 2.45) is 0 Å². The highest BCUT2D eigenvalue weighted by atomic mass is 35.5. The highest BCUT2D eigenvalue weighted by Crippen LogP contribution is 2.25. The molecule has 0 heterocycles. The minimum Gasteiger partial charge on any atom is -0.384 e. The predicted octanol–water partition coefficient (Wildman–Crippen LogP) is 3.07. The fourth-order valence-electron chi connectivity index (χ4n) is 1.37. The van der Waals surface area contributed by atoms with Crippen molar-refractivity contribution in [1.29, 1.82) is 0 Å². The SMILES string of the molecule is CC(C)(C)NCC(C)(O)c1ccc(F)c(Cl)c1. The van der Waals surface area contributed by atoms with Crippen molar-refractivity contribution in [3.63, 3.8) is 0 Å². The summed E-state index contributed by atoms with van der Waals surface area (Å²) >= 11 is 5.70. The molecule has 0 aliphatic heterocycles. The lowest BCUT2D eigenvalue weighted by Crippen LogP contribution is -2.44. The van der Waals surface area contributed by atoms with E-state index in [0.717, 1.165) is 0 Å². The summed E-state index contributed by atoms with van der Waals surface area (Å²) in [4.78, 5) is 0. The highest BCUT2D eigenvalue weighted by molar-refractivity contribution is 6.30. The lowest BCUT2D eigenvalue weighted by Gasteiger charge is -2.30. The van der Waals surface area contributed by atoms with Gasteiger partial charge in [0.05, 0.1) is 10.6 Å². The van der Waals surface area contributed by atoms with Crippen LogP contribution in [0.2, 0.25) is 5.02 Å². The van der Waals surface area contributed by atoms with Crippen LogP contribution in [0.5, 0.6) is 0 Å². The topological polar surface area (TPSA) is 32.3 Å². The van der Waals surface area contributed by atoms with E-state index in [1.807, 2.05) is 20.8 Å². The van der Waals surface area contributed by atoms with Crippen molar-refractivity contribution >= 4 is 11.6 Å². The lowest BCUT2D eigenvalue weighted by molar-refractivity contribution is 0.0501. The number of hydrogen-bond acceptors (Lipinski definition) is 2. The van der Waals surface area contributed by atoms with Gasteiger partial charge in [-0.3, -0.25) is 0 Å². The third-order valence-corrected chi connectivity index (χ3v) is 2.79. The Morgan fingerprint density at radius 1 is 1.29 bits per heavy atom. The molecule has 4 heteroatoms. The first-order valence-electron chi connectivity index (χ1n) is 5.55. The Labute approximate surface area is 107 Å². The third-order valence-electron chi connectivity index (χ3n) is 2.50. The van der Waals surface area contributed by atoms with Gasteiger partial charge in [-0.05, 0) is 45.4 Å². The molecule has 0 spiro atoms. The molecule has 0 aromatic heterocycles. The standard InChI is InChI=1S/C13H19ClFNO/c1-12(2,3)16-8-13(4,17)9-5-6-11(15)10(14)7-9/h5-7,16-17H,8H2,1-4H3. The van der Waals surface area contributed by atoms with Gasteiger partial charge in [-0.25, -0.2) is 4.39 Å². The van der Waals surface area contributed by atoms with Gasteiger partial charge in [0.25, 0.3) is 0 Å². The van der Waals surface area contributed by atoms with Crippen molar-refractivity contribution in [2.45, 2.75) is 38.8 Å². The fraction of sp³-hybridized carbons (Fsp3) is 0.538. The van der Waals surface area contributed by atoms with Crippen LogP contribution in [0.1, 0.15) is 33.3 Å². The van der Waals surface area contributed by atoms with E-state index < -0.39 is 11.4 Å². The Morgan fingerprint density at radius 2 is 1.88 bits per heavy atom. The van der Waals surface area contributed by atoms with E-state index >= 15 is 0 Å². The van der Waals surface area contributed by atoms with E-state index in [1.165, 1.54) is 12.1 Å². The average Bonchev–Trinajstić information content (AvgIpc) is 2.18. The van der Waals surface area contributed by atoms with Gasteiger partial charge in [-0.1, -0.05) is 17.7 Å². The number of rotatable bonds is 3. The maximum Gasteiger partial charge on any atom is 0.141 e. The minimum absolute atomic E-state index is 0.0264. The molecule has 0 saturated heterocycles. The van der Waals surface area contributed by atoms with Crippen molar-refractivity contribution in [3.8, 4) is 0 Å². The highest BCUT2D eigenvalue weighted by Gasteiger charge is 2.25. The molecule has 17 heavy (non-hydrogen) atoms. The largest absolute Gasteiger partial charge is 0.384 e. The van der Waals surface area contributed by atoms with Gasteiger partial charge in [0.15, 0.2) is 0 Å². The summed E-state index contributed by atoms with van der Waals surface area (Å²) < 4.78 is 13.0. The third kappa shape index (κ3) is 4.26. The van der Waals surface area contributed by atoms with E-state index in [1.54, 1.807) is 13.0 Å². The second kappa shape index (κ2) is 4.92. The van der Waals surface area contributed by atoms with Crippen LogP contribution in [0.4, 0.5) is 4.39 Å². The number of aliphatic hydroxyl groups is 1. The molecule has 2 N–H and O–H groups in total. The van der Waals surface area contributed by atoms with E-state index in [4.69, 9.17) is 11.6 Å². The molecule has 1 atom stereocenters. The first kappa shape index (κ1) is 14.4. The van der Waals surface area contributed by atoms with Crippen LogP contribution in [-0.4, -0.2) is 17.2 Å². The number of β-amino-alcohol motifs (C(OH)–C–C–N with tert-alkyl or cyclic N) is 1. The molecular weight excluding hydrogens is 241 g/mol. The second-order valence-corrected chi connectivity index (χ2v) is 5.91. The molecule has 0 amide bonds. The van der Waals surface area contributed by atoms with Crippen LogP contribution in [0.15, 0.2) is 18.2 Å². The maximum atomic E-state index is 13.0.